The largest absolute Gasteiger partial charge is 0.496 e. The minimum atomic E-state index is -1.45. The van der Waals surface area contributed by atoms with Crippen molar-refractivity contribution in [3.63, 3.8) is 0 Å². The van der Waals surface area contributed by atoms with Gasteiger partial charge in [0.2, 0.25) is 5.91 Å². The summed E-state index contributed by atoms with van der Waals surface area (Å²) in [5.74, 6) is -2.00. The van der Waals surface area contributed by atoms with E-state index in [1.54, 1.807) is 48.5 Å². The van der Waals surface area contributed by atoms with E-state index in [0.717, 1.165) is 11.1 Å². The molecule has 4 aromatic carbocycles. The number of nitrogens with one attached hydrogen (secondary N) is 1. The lowest BCUT2D eigenvalue weighted by molar-refractivity contribution is -0.131. The van der Waals surface area contributed by atoms with Crippen molar-refractivity contribution >= 4 is 35.2 Å². The summed E-state index contributed by atoms with van der Waals surface area (Å²) in [6.07, 6.45) is 3.74. The maximum atomic E-state index is 15.0. The van der Waals surface area contributed by atoms with Gasteiger partial charge in [0.05, 0.1) is 24.6 Å². The number of hydrogen-bond donors (Lipinski definition) is 1. The number of carbonyl (C=O) groups is 4. The van der Waals surface area contributed by atoms with Gasteiger partial charge in [-0.05, 0) is 65.2 Å². The van der Waals surface area contributed by atoms with E-state index in [1.807, 2.05) is 65.7 Å². The van der Waals surface area contributed by atoms with Crippen molar-refractivity contribution in [2.24, 2.45) is 5.92 Å². The quantitative estimate of drug-likeness (QED) is 0.179. The Bertz CT molecular complexity index is 1880. The lowest BCUT2D eigenvalue weighted by atomic mass is 9.62. The first-order chi connectivity index (χ1) is 21.4. The molecule has 4 aromatic rings. The number of methoxy groups -OCH3 is 1. The fourth-order valence-corrected chi connectivity index (χ4v) is 7.21. The third kappa shape index (κ3) is 3.91. The van der Waals surface area contributed by atoms with E-state index >= 15 is 0 Å². The Morgan fingerprint density at radius 3 is 2.32 bits per heavy atom. The van der Waals surface area contributed by atoms with Gasteiger partial charge in [-0.3, -0.25) is 19.2 Å². The van der Waals surface area contributed by atoms with E-state index in [9.17, 15) is 19.2 Å². The molecule has 4 atom stereocenters. The molecule has 7 rings (SSSR count). The van der Waals surface area contributed by atoms with Gasteiger partial charge in [-0.1, -0.05) is 54.6 Å². The fourth-order valence-electron chi connectivity index (χ4n) is 7.21. The summed E-state index contributed by atoms with van der Waals surface area (Å²) in [6.45, 7) is 1.30. The summed E-state index contributed by atoms with van der Waals surface area (Å²) in [5.41, 5.74) is 2.19. The molecule has 0 bridgehead atoms. The van der Waals surface area contributed by atoms with Crippen molar-refractivity contribution in [1.29, 1.82) is 0 Å². The van der Waals surface area contributed by atoms with Crippen molar-refractivity contribution in [3.05, 3.63) is 131 Å². The van der Waals surface area contributed by atoms with Crippen LogP contribution in [0.15, 0.2) is 103 Å². The van der Waals surface area contributed by atoms with Crippen molar-refractivity contribution in [3.8, 4) is 11.5 Å². The molecule has 0 unspecified atom stereocenters. The maximum Gasteiger partial charge on any atom is 0.308 e. The molecule has 0 saturated carbocycles. The first-order valence-corrected chi connectivity index (χ1v) is 14.3. The number of esters is 1. The van der Waals surface area contributed by atoms with Gasteiger partial charge in [-0.2, -0.15) is 0 Å². The number of benzene rings is 4. The normalized spacial score (nSPS) is 22.5. The second-order valence-electron chi connectivity index (χ2n) is 11.1. The standard InChI is InChI=1S/C36H28N2O6/c1-21(39)44-24-17-15-23(16-18-24)32(40)31-30(33(41)26-11-5-8-14-29(26)43-2)36(27-12-6-7-13-28(27)37-35(36)42)34-25-10-4-3-9-22(25)19-20-38(31)34/h3-20,30-31,34H,1-2H3,(H,37,42)/t30-,31+,34+,36+/m0/s1. The topological polar surface area (TPSA) is 102 Å². The third-order valence-electron chi connectivity index (χ3n) is 8.89. The molecule has 3 aliphatic rings. The number of ketones is 2. The summed E-state index contributed by atoms with van der Waals surface area (Å²) in [5, 5.41) is 3.05. The molecule has 8 heteroatoms. The predicted octanol–water partition coefficient (Wildman–Crippen LogP) is 5.60. The highest BCUT2D eigenvalue weighted by atomic mass is 16.5. The predicted molar refractivity (Wildman–Crippen MR) is 163 cm³/mol. The lowest BCUT2D eigenvalue weighted by Crippen LogP contribution is -2.49. The van der Waals surface area contributed by atoms with Crippen molar-refractivity contribution in [2.45, 2.75) is 24.4 Å². The van der Waals surface area contributed by atoms with E-state index in [4.69, 9.17) is 9.47 Å². The molecule has 3 aliphatic heterocycles. The van der Waals surface area contributed by atoms with Crippen LogP contribution in [-0.2, 0) is 15.0 Å². The Balaban J connectivity index is 1.49. The Kier molecular flexibility index (Phi) is 6.43. The van der Waals surface area contributed by atoms with Crippen LogP contribution in [-0.4, -0.2) is 41.5 Å². The van der Waals surface area contributed by atoms with Crippen LogP contribution in [0.2, 0.25) is 0 Å². The summed E-state index contributed by atoms with van der Waals surface area (Å²) >= 11 is 0. The molecular weight excluding hydrogens is 556 g/mol. The van der Waals surface area contributed by atoms with E-state index in [0.29, 0.717) is 28.3 Å². The SMILES string of the molecule is COc1ccccc1C(=O)[C@@H]1[C@H](C(=O)c2ccc(OC(C)=O)cc2)N2C=Cc3ccccc3[C@@H]2[C@]12C(=O)Nc1ccccc12. The third-order valence-corrected chi connectivity index (χ3v) is 8.89. The van der Waals surface area contributed by atoms with Gasteiger partial charge in [0.25, 0.3) is 0 Å². The molecule has 1 fully saturated rings. The van der Waals surface area contributed by atoms with Crippen LogP contribution in [0.1, 0.15) is 50.4 Å². The van der Waals surface area contributed by atoms with Crippen molar-refractivity contribution in [2.75, 3.05) is 12.4 Å². The highest BCUT2D eigenvalue weighted by Crippen LogP contribution is 2.62. The molecule has 3 heterocycles. The van der Waals surface area contributed by atoms with Crippen LogP contribution in [0.4, 0.5) is 5.69 Å². The van der Waals surface area contributed by atoms with Gasteiger partial charge >= 0.3 is 5.97 Å². The van der Waals surface area contributed by atoms with Crippen LogP contribution in [0.25, 0.3) is 6.08 Å². The van der Waals surface area contributed by atoms with Crippen LogP contribution < -0.4 is 14.8 Å². The minimum Gasteiger partial charge on any atom is -0.496 e. The van der Waals surface area contributed by atoms with Crippen LogP contribution >= 0.6 is 0 Å². The number of carbonyl (C=O) groups excluding carboxylic acids is 4. The number of fused-ring (bicyclic) bond motifs is 6. The van der Waals surface area contributed by atoms with E-state index < -0.39 is 29.4 Å². The van der Waals surface area contributed by atoms with Crippen LogP contribution in [0, 0.1) is 5.92 Å². The number of hydrogen-bond acceptors (Lipinski definition) is 7. The van der Waals surface area contributed by atoms with Gasteiger partial charge in [0.1, 0.15) is 23.0 Å². The van der Waals surface area contributed by atoms with Gasteiger partial charge in [-0.15, -0.1) is 0 Å². The average molecular weight is 585 g/mol. The monoisotopic (exact) mass is 584 g/mol. The molecule has 218 valence electrons. The van der Waals surface area contributed by atoms with Gasteiger partial charge in [0.15, 0.2) is 11.6 Å². The fraction of sp³-hybridized carbons (Fsp3) is 0.167. The molecule has 1 spiro atoms. The molecule has 0 aromatic heterocycles. The van der Waals surface area contributed by atoms with Gasteiger partial charge < -0.3 is 19.7 Å². The Morgan fingerprint density at radius 1 is 0.841 bits per heavy atom. The number of ether oxygens (including phenoxy) is 2. The Labute approximate surface area is 253 Å². The van der Waals surface area contributed by atoms with Gasteiger partial charge in [0, 0.05) is 24.4 Å². The molecule has 44 heavy (non-hydrogen) atoms. The molecule has 0 radical (unpaired) electrons. The number of Topliss-reactive ketones (excluding diaryl/α,β-unsaturated/α-hetero) is 2. The average Bonchev–Trinajstić information content (AvgIpc) is 3.52. The van der Waals surface area contributed by atoms with Crippen molar-refractivity contribution in [1.82, 2.24) is 4.90 Å². The molecule has 1 amide bonds. The first kappa shape index (κ1) is 27.3. The number of rotatable bonds is 6. The number of para-hydroxylation sites is 2. The highest BCUT2D eigenvalue weighted by Gasteiger charge is 2.70. The highest BCUT2D eigenvalue weighted by molar-refractivity contribution is 6.17. The first-order valence-electron chi connectivity index (χ1n) is 14.3. The van der Waals surface area contributed by atoms with E-state index in [2.05, 4.69) is 5.32 Å². The van der Waals surface area contributed by atoms with Gasteiger partial charge in [-0.25, -0.2) is 0 Å². The van der Waals surface area contributed by atoms with Crippen molar-refractivity contribution < 1.29 is 28.7 Å². The minimum absolute atomic E-state index is 0.289. The molecule has 1 saturated heterocycles. The number of anilines is 1. The summed E-state index contributed by atoms with van der Waals surface area (Å²) in [4.78, 5) is 57.6. The lowest BCUT2D eigenvalue weighted by Gasteiger charge is -2.38. The van der Waals surface area contributed by atoms with E-state index in [-0.39, 0.29) is 23.0 Å². The molecule has 8 nitrogen and oxygen atoms in total. The zero-order valence-corrected chi connectivity index (χ0v) is 24.0. The molecule has 1 N–H and O–H groups in total. The summed E-state index contributed by atoms with van der Waals surface area (Å²) < 4.78 is 10.8. The zero-order valence-electron chi connectivity index (χ0n) is 24.0. The smallest absolute Gasteiger partial charge is 0.308 e. The number of amides is 1. The van der Waals surface area contributed by atoms with Crippen LogP contribution in [0.5, 0.6) is 11.5 Å². The summed E-state index contributed by atoms with van der Waals surface area (Å²) in [7, 11) is 1.49. The summed E-state index contributed by atoms with van der Waals surface area (Å²) in [6, 6.07) is 26.6. The molecular formula is C36H28N2O6. The maximum absolute atomic E-state index is 15.0. The Morgan fingerprint density at radius 2 is 1.55 bits per heavy atom. The number of nitrogens with zero attached hydrogens (tertiary/aromatic N) is 1. The van der Waals surface area contributed by atoms with E-state index in [1.165, 1.54) is 14.0 Å². The second kappa shape index (κ2) is 10.3. The molecule has 0 aliphatic carbocycles. The zero-order chi connectivity index (χ0) is 30.6. The Hall–Kier alpha value is -5.50. The second-order valence-corrected chi connectivity index (χ2v) is 11.1. The van der Waals surface area contributed by atoms with Crippen LogP contribution in [0.3, 0.4) is 0 Å².